The molecule has 1 aliphatic heterocycles. The number of hydrogen-bond acceptors (Lipinski definition) is 4. The topological polar surface area (TPSA) is 104 Å². The van der Waals surface area contributed by atoms with E-state index in [0.717, 1.165) is 42.4 Å². The van der Waals surface area contributed by atoms with Gasteiger partial charge in [0.25, 0.3) is 5.91 Å². The number of likely N-dealkylation sites (tertiary alicyclic amines) is 1. The first kappa shape index (κ1) is 15.5. The molecule has 2 aromatic rings. The number of rotatable bonds is 4. The number of hydrogen-bond donors (Lipinski definition) is 3. The van der Waals surface area contributed by atoms with E-state index < -0.39 is 0 Å². The summed E-state index contributed by atoms with van der Waals surface area (Å²) in [5.74, 6) is -0.471. The van der Waals surface area contributed by atoms with Gasteiger partial charge < -0.3 is 11.1 Å². The number of primary amides is 1. The van der Waals surface area contributed by atoms with Crippen molar-refractivity contribution >= 4 is 22.7 Å². The van der Waals surface area contributed by atoms with Crippen molar-refractivity contribution in [3.05, 3.63) is 29.5 Å². The third-order valence-corrected chi connectivity index (χ3v) is 4.24. The molecule has 122 valence electrons. The van der Waals surface area contributed by atoms with Crippen molar-refractivity contribution in [1.29, 1.82) is 0 Å². The van der Waals surface area contributed by atoms with E-state index >= 15 is 0 Å². The summed E-state index contributed by atoms with van der Waals surface area (Å²) in [7, 11) is 0. The lowest BCUT2D eigenvalue weighted by atomic mass is 10.0. The second-order valence-corrected chi connectivity index (χ2v) is 6.11. The smallest absolute Gasteiger partial charge is 0.272 e. The van der Waals surface area contributed by atoms with Crippen molar-refractivity contribution in [1.82, 2.24) is 20.4 Å². The van der Waals surface area contributed by atoms with Gasteiger partial charge in [-0.1, -0.05) is 11.6 Å². The zero-order chi connectivity index (χ0) is 16.4. The number of carbonyl (C=O) groups is 2. The minimum absolute atomic E-state index is 0.100. The first-order valence-corrected chi connectivity index (χ1v) is 7.79. The Bertz CT molecular complexity index is 731. The molecule has 23 heavy (non-hydrogen) atoms. The van der Waals surface area contributed by atoms with Crippen LogP contribution in [-0.4, -0.2) is 52.6 Å². The second kappa shape index (κ2) is 6.37. The zero-order valence-corrected chi connectivity index (χ0v) is 13.1. The molecule has 7 heteroatoms. The van der Waals surface area contributed by atoms with Crippen LogP contribution < -0.4 is 11.1 Å². The van der Waals surface area contributed by atoms with Crippen LogP contribution in [0.5, 0.6) is 0 Å². The SMILES string of the molecule is Cc1ccc2[nH]nc(C(=O)NC3CCN(CC(N)=O)CC3)c2c1. The number of nitrogens with one attached hydrogen (secondary N) is 2. The van der Waals surface area contributed by atoms with Gasteiger partial charge in [-0.05, 0) is 31.9 Å². The number of H-pyrrole nitrogens is 1. The molecule has 1 aliphatic rings. The molecule has 1 fully saturated rings. The van der Waals surface area contributed by atoms with Crippen molar-refractivity contribution in [2.75, 3.05) is 19.6 Å². The average Bonchev–Trinajstić information content (AvgIpc) is 2.91. The molecule has 3 rings (SSSR count). The number of aromatic nitrogens is 2. The average molecular weight is 315 g/mol. The summed E-state index contributed by atoms with van der Waals surface area (Å²) in [6.45, 7) is 3.79. The molecular formula is C16H21N5O2. The zero-order valence-electron chi connectivity index (χ0n) is 13.1. The Hall–Kier alpha value is -2.41. The summed E-state index contributed by atoms with van der Waals surface area (Å²) in [6.07, 6.45) is 1.61. The van der Waals surface area contributed by atoms with E-state index in [2.05, 4.69) is 15.5 Å². The third-order valence-electron chi connectivity index (χ3n) is 4.24. The molecule has 0 bridgehead atoms. The number of nitrogens with zero attached hydrogens (tertiary/aromatic N) is 2. The number of aryl methyl sites for hydroxylation is 1. The molecule has 0 saturated carbocycles. The van der Waals surface area contributed by atoms with Crippen molar-refractivity contribution in [2.24, 2.45) is 5.73 Å². The highest BCUT2D eigenvalue weighted by atomic mass is 16.2. The van der Waals surface area contributed by atoms with E-state index in [9.17, 15) is 9.59 Å². The van der Waals surface area contributed by atoms with Crippen LogP contribution in [0, 0.1) is 6.92 Å². The number of carbonyl (C=O) groups excluding carboxylic acids is 2. The molecule has 0 aliphatic carbocycles. The Morgan fingerprint density at radius 2 is 2.13 bits per heavy atom. The summed E-state index contributed by atoms with van der Waals surface area (Å²) < 4.78 is 0. The number of amides is 2. The minimum Gasteiger partial charge on any atom is -0.369 e. The van der Waals surface area contributed by atoms with Gasteiger partial charge in [-0.3, -0.25) is 19.6 Å². The Morgan fingerprint density at radius 3 is 2.83 bits per heavy atom. The molecule has 1 saturated heterocycles. The van der Waals surface area contributed by atoms with E-state index in [-0.39, 0.29) is 24.4 Å². The third kappa shape index (κ3) is 3.50. The summed E-state index contributed by atoms with van der Waals surface area (Å²) in [5.41, 5.74) is 7.59. The Balaban J connectivity index is 1.63. The first-order valence-electron chi connectivity index (χ1n) is 7.79. The van der Waals surface area contributed by atoms with Gasteiger partial charge >= 0.3 is 0 Å². The van der Waals surface area contributed by atoms with Gasteiger partial charge in [-0.15, -0.1) is 0 Å². The Kier molecular flexibility index (Phi) is 4.29. The van der Waals surface area contributed by atoms with Gasteiger partial charge in [0.2, 0.25) is 5.91 Å². The first-order chi connectivity index (χ1) is 11.0. The molecule has 0 atom stereocenters. The standard InChI is InChI=1S/C16H21N5O2/c1-10-2-3-13-12(8-10)15(20-19-13)16(23)18-11-4-6-21(7-5-11)9-14(17)22/h2-3,8,11H,4-7,9H2,1H3,(H2,17,22)(H,18,23)(H,19,20). The molecule has 1 aromatic heterocycles. The molecule has 2 amide bonds. The fraction of sp³-hybridized carbons (Fsp3) is 0.438. The van der Waals surface area contributed by atoms with Crippen LogP contribution in [0.3, 0.4) is 0 Å². The fourth-order valence-electron chi connectivity index (χ4n) is 3.01. The maximum Gasteiger partial charge on any atom is 0.272 e. The number of piperidine rings is 1. The molecule has 4 N–H and O–H groups in total. The normalized spacial score (nSPS) is 16.6. The highest BCUT2D eigenvalue weighted by molar-refractivity contribution is 6.04. The second-order valence-electron chi connectivity index (χ2n) is 6.11. The predicted molar refractivity (Wildman–Crippen MR) is 87.0 cm³/mol. The Morgan fingerprint density at radius 1 is 1.39 bits per heavy atom. The molecular weight excluding hydrogens is 294 g/mol. The van der Waals surface area contributed by atoms with Gasteiger partial charge in [0, 0.05) is 24.5 Å². The lowest BCUT2D eigenvalue weighted by molar-refractivity contribution is -0.119. The number of fused-ring (bicyclic) bond motifs is 1. The monoisotopic (exact) mass is 315 g/mol. The van der Waals surface area contributed by atoms with E-state index in [1.54, 1.807) is 0 Å². The van der Waals surface area contributed by atoms with E-state index in [1.807, 2.05) is 30.0 Å². The molecule has 7 nitrogen and oxygen atoms in total. The van der Waals surface area contributed by atoms with Crippen molar-refractivity contribution in [2.45, 2.75) is 25.8 Å². The van der Waals surface area contributed by atoms with Crippen molar-refractivity contribution in [3.63, 3.8) is 0 Å². The molecule has 0 unspecified atom stereocenters. The van der Waals surface area contributed by atoms with Crippen LogP contribution in [0.25, 0.3) is 10.9 Å². The summed E-state index contributed by atoms with van der Waals surface area (Å²) in [5, 5.41) is 10.9. The van der Waals surface area contributed by atoms with Gasteiger partial charge in [0.15, 0.2) is 5.69 Å². The number of nitrogens with two attached hydrogens (primary N) is 1. The molecule has 0 radical (unpaired) electrons. The number of benzene rings is 1. The maximum atomic E-state index is 12.5. The number of aromatic amines is 1. The van der Waals surface area contributed by atoms with Crippen molar-refractivity contribution in [3.8, 4) is 0 Å². The lowest BCUT2D eigenvalue weighted by Gasteiger charge is -2.31. The van der Waals surface area contributed by atoms with E-state index in [0.29, 0.717) is 5.69 Å². The van der Waals surface area contributed by atoms with Gasteiger partial charge in [-0.25, -0.2) is 0 Å². The highest BCUT2D eigenvalue weighted by Gasteiger charge is 2.23. The highest BCUT2D eigenvalue weighted by Crippen LogP contribution is 2.18. The Labute approximate surface area is 134 Å². The summed E-state index contributed by atoms with van der Waals surface area (Å²) in [6, 6.07) is 5.97. The quantitative estimate of drug-likeness (QED) is 0.766. The van der Waals surface area contributed by atoms with Crippen LogP contribution in [0.4, 0.5) is 0 Å². The largest absolute Gasteiger partial charge is 0.369 e. The summed E-state index contributed by atoms with van der Waals surface area (Å²) >= 11 is 0. The van der Waals surface area contributed by atoms with Crippen LogP contribution in [0.2, 0.25) is 0 Å². The molecule has 2 heterocycles. The van der Waals surface area contributed by atoms with Crippen LogP contribution >= 0.6 is 0 Å². The van der Waals surface area contributed by atoms with Gasteiger partial charge in [0.05, 0.1) is 12.1 Å². The summed E-state index contributed by atoms with van der Waals surface area (Å²) in [4.78, 5) is 25.4. The van der Waals surface area contributed by atoms with Crippen LogP contribution in [0.15, 0.2) is 18.2 Å². The van der Waals surface area contributed by atoms with Crippen molar-refractivity contribution < 1.29 is 9.59 Å². The maximum absolute atomic E-state index is 12.5. The minimum atomic E-state index is -0.314. The van der Waals surface area contributed by atoms with Crippen LogP contribution in [-0.2, 0) is 4.79 Å². The molecule has 0 spiro atoms. The lowest BCUT2D eigenvalue weighted by Crippen LogP contribution is -2.46. The van der Waals surface area contributed by atoms with E-state index in [4.69, 9.17) is 5.73 Å². The van der Waals surface area contributed by atoms with Crippen LogP contribution in [0.1, 0.15) is 28.9 Å². The molecule has 1 aromatic carbocycles. The van der Waals surface area contributed by atoms with Gasteiger partial charge in [-0.2, -0.15) is 5.10 Å². The van der Waals surface area contributed by atoms with Gasteiger partial charge in [0.1, 0.15) is 0 Å². The van der Waals surface area contributed by atoms with E-state index in [1.165, 1.54) is 0 Å². The fourth-order valence-corrected chi connectivity index (χ4v) is 3.01. The predicted octanol–water partition coefficient (Wildman–Crippen LogP) is 0.551.